The molecule has 0 spiro atoms. The van der Waals surface area contributed by atoms with E-state index in [0.29, 0.717) is 0 Å². The van der Waals surface area contributed by atoms with E-state index >= 15 is 0 Å². The van der Waals surface area contributed by atoms with E-state index in [4.69, 9.17) is 0 Å². The topological polar surface area (TPSA) is 15.3 Å². The Bertz CT molecular complexity index is 369. The minimum Gasteiger partial charge on any atom is -0.311 e. The van der Waals surface area contributed by atoms with Crippen LogP contribution in [0.5, 0.6) is 0 Å². The van der Waals surface area contributed by atoms with Crippen LogP contribution in [0.3, 0.4) is 0 Å². The summed E-state index contributed by atoms with van der Waals surface area (Å²) in [5, 5.41) is 3.55. The van der Waals surface area contributed by atoms with Crippen molar-refractivity contribution in [3.05, 3.63) is 34.9 Å². The molecule has 1 aliphatic carbocycles. The molecular weight excluding hydrogens is 220 g/mol. The Hall–Kier alpha value is -0.860. The Labute approximate surface area is 111 Å². The molecule has 100 valence electrons. The van der Waals surface area contributed by atoms with Gasteiger partial charge in [-0.25, -0.2) is 0 Å². The lowest BCUT2D eigenvalue weighted by atomic mass is 10.1. The maximum Gasteiger partial charge on any atom is 0.0206 e. The van der Waals surface area contributed by atoms with Crippen molar-refractivity contribution >= 4 is 0 Å². The summed E-state index contributed by atoms with van der Waals surface area (Å²) in [7, 11) is 0. The van der Waals surface area contributed by atoms with E-state index in [0.717, 1.165) is 32.7 Å². The van der Waals surface area contributed by atoms with Crippen LogP contribution in [0, 0.1) is 0 Å². The van der Waals surface area contributed by atoms with Gasteiger partial charge in [0.1, 0.15) is 0 Å². The van der Waals surface area contributed by atoms with Gasteiger partial charge in [-0.05, 0) is 49.0 Å². The van der Waals surface area contributed by atoms with Gasteiger partial charge in [0.05, 0.1) is 0 Å². The van der Waals surface area contributed by atoms with Crippen LogP contribution in [0.15, 0.2) is 18.2 Å². The average molecular weight is 246 g/mol. The fourth-order valence-corrected chi connectivity index (χ4v) is 2.74. The SMILES string of the molecule is CCN(CC)CCNCc1ccc2c(c1)CCC2. The van der Waals surface area contributed by atoms with Gasteiger partial charge in [-0.3, -0.25) is 0 Å². The minimum absolute atomic E-state index is 1.01. The monoisotopic (exact) mass is 246 g/mol. The second-order valence-corrected chi connectivity index (χ2v) is 5.16. The summed E-state index contributed by atoms with van der Waals surface area (Å²) >= 11 is 0. The van der Waals surface area contributed by atoms with Crippen molar-refractivity contribution in [2.45, 2.75) is 39.7 Å². The van der Waals surface area contributed by atoms with Gasteiger partial charge < -0.3 is 10.2 Å². The summed E-state index contributed by atoms with van der Waals surface area (Å²) in [6.45, 7) is 9.99. The van der Waals surface area contributed by atoms with Gasteiger partial charge >= 0.3 is 0 Å². The molecule has 0 aliphatic heterocycles. The maximum atomic E-state index is 3.55. The molecule has 1 aliphatic rings. The lowest BCUT2D eigenvalue weighted by molar-refractivity contribution is 0.302. The van der Waals surface area contributed by atoms with Crippen molar-refractivity contribution in [1.29, 1.82) is 0 Å². The van der Waals surface area contributed by atoms with Gasteiger partial charge in [-0.1, -0.05) is 32.0 Å². The van der Waals surface area contributed by atoms with Crippen LogP contribution in [-0.2, 0) is 19.4 Å². The first-order valence-corrected chi connectivity index (χ1v) is 7.37. The molecular formula is C16H26N2. The Balaban J connectivity index is 1.74. The van der Waals surface area contributed by atoms with Crippen LogP contribution in [0.1, 0.15) is 37.0 Å². The summed E-state index contributed by atoms with van der Waals surface area (Å²) in [5.74, 6) is 0. The number of hydrogen-bond acceptors (Lipinski definition) is 2. The van der Waals surface area contributed by atoms with Crippen LogP contribution in [0.25, 0.3) is 0 Å². The number of fused-ring (bicyclic) bond motifs is 1. The zero-order chi connectivity index (χ0) is 12.8. The third-order valence-corrected chi connectivity index (χ3v) is 3.99. The van der Waals surface area contributed by atoms with Gasteiger partial charge in [0.2, 0.25) is 0 Å². The molecule has 1 N–H and O–H groups in total. The summed E-state index contributed by atoms with van der Waals surface area (Å²) < 4.78 is 0. The molecule has 0 atom stereocenters. The fourth-order valence-electron chi connectivity index (χ4n) is 2.74. The molecule has 2 heteroatoms. The largest absolute Gasteiger partial charge is 0.311 e. The van der Waals surface area contributed by atoms with Crippen LogP contribution in [-0.4, -0.2) is 31.1 Å². The lowest BCUT2D eigenvalue weighted by Gasteiger charge is -2.18. The first-order chi connectivity index (χ1) is 8.83. The van der Waals surface area contributed by atoms with Crippen LogP contribution < -0.4 is 5.32 Å². The van der Waals surface area contributed by atoms with Crippen molar-refractivity contribution in [3.8, 4) is 0 Å². The number of likely N-dealkylation sites (N-methyl/N-ethyl adjacent to an activating group) is 1. The number of nitrogens with one attached hydrogen (secondary N) is 1. The minimum atomic E-state index is 1.01. The van der Waals surface area contributed by atoms with Gasteiger partial charge in [-0.2, -0.15) is 0 Å². The highest BCUT2D eigenvalue weighted by Gasteiger charge is 2.10. The maximum absolute atomic E-state index is 3.55. The Kier molecular flexibility index (Phi) is 5.21. The van der Waals surface area contributed by atoms with Crippen LogP contribution in [0.4, 0.5) is 0 Å². The van der Waals surface area contributed by atoms with Gasteiger partial charge in [0.25, 0.3) is 0 Å². The first-order valence-electron chi connectivity index (χ1n) is 7.37. The highest BCUT2D eigenvalue weighted by Crippen LogP contribution is 2.22. The van der Waals surface area contributed by atoms with E-state index in [2.05, 4.69) is 42.3 Å². The van der Waals surface area contributed by atoms with Crippen LogP contribution in [0.2, 0.25) is 0 Å². The molecule has 0 fully saturated rings. The predicted molar refractivity (Wildman–Crippen MR) is 78.0 cm³/mol. The Morgan fingerprint density at radius 2 is 1.89 bits per heavy atom. The van der Waals surface area contributed by atoms with Crippen molar-refractivity contribution < 1.29 is 0 Å². The van der Waals surface area contributed by atoms with Gasteiger partial charge in [0.15, 0.2) is 0 Å². The molecule has 0 radical (unpaired) electrons. The zero-order valence-electron chi connectivity index (χ0n) is 11.8. The molecule has 0 amide bonds. The summed E-state index contributed by atoms with van der Waals surface area (Å²) in [6.07, 6.45) is 3.90. The third-order valence-electron chi connectivity index (χ3n) is 3.99. The molecule has 0 saturated carbocycles. The second-order valence-electron chi connectivity index (χ2n) is 5.16. The molecule has 0 heterocycles. The van der Waals surface area contributed by atoms with Crippen molar-refractivity contribution in [2.24, 2.45) is 0 Å². The fraction of sp³-hybridized carbons (Fsp3) is 0.625. The van der Waals surface area contributed by atoms with E-state index in [-0.39, 0.29) is 0 Å². The molecule has 2 nitrogen and oxygen atoms in total. The number of rotatable bonds is 7. The smallest absolute Gasteiger partial charge is 0.0206 e. The number of hydrogen-bond donors (Lipinski definition) is 1. The van der Waals surface area contributed by atoms with E-state index in [1.807, 2.05) is 0 Å². The number of aryl methyl sites for hydroxylation is 2. The van der Waals surface area contributed by atoms with Crippen molar-refractivity contribution in [2.75, 3.05) is 26.2 Å². The van der Waals surface area contributed by atoms with Crippen LogP contribution >= 0.6 is 0 Å². The number of nitrogens with zero attached hydrogens (tertiary/aromatic N) is 1. The van der Waals surface area contributed by atoms with Crippen molar-refractivity contribution in [3.63, 3.8) is 0 Å². The quantitative estimate of drug-likeness (QED) is 0.744. The molecule has 18 heavy (non-hydrogen) atoms. The molecule has 2 rings (SSSR count). The van der Waals surface area contributed by atoms with Gasteiger partial charge in [0, 0.05) is 19.6 Å². The van der Waals surface area contributed by atoms with Crippen molar-refractivity contribution in [1.82, 2.24) is 10.2 Å². The van der Waals surface area contributed by atoms with E-state index in [1.54, 1.807) is 11.1 Å². The standard InChI is InChI=1S/C16H26N2/c1-3-18(4-2)11-10-17-13-14-8-9-15-6-5-7-16(15)12-14/h8-9,12,17H,3-7,10-11,13H2,1-2H3. The lowest BCUT2D eigenvalue weighted by Crippen LogP contribution is -2.31. The molecule has 0 bridgehead atoms. The first kappa shape index (κ1) is 13.6. The van der Waals surface area contributed by atoms with Gasteiger partial charge in [-0.15, -0.1) is 0 Å². The predicted octanol–water partition coefficient (Wildman–Crippen LogP) is 2.61. The van der Waals surface area contributed by atoms with E-state index < -0.39 is 0 Å². The Morgan fingerprint density at radius 1 is 1.11 bits per heavy atom. The summed E-state index contributed by atoms with van der Waals surface area (Å²) in [5.41, 5.74) is 4.59. The molecule has 0 saturated heterocycles. The molecule has 0 aromatic heterocycles. The second kappa shape index (κ2) is 6.91. The Morgan fingerprint density at radius 3 is 2.67 bits per heavy atom. The zero-order valence-corrected chi connectivity index (χ0v) is 11.8. The number of benzene rings is 1. The third kappa shape index (κ3) is 3.56. The average Bonchev–Trinajstić information content (AvgIpc) is 2.86. The van der Waals surface area contributed by atoms with E-state index in [1.165, 1.54) is 24.8 Å². The van der Waals surface area contributed by atoms with E-state index in [9.17, 15) is 0 Å². The highest BCUT2D eigenvalue weighted by molar-refractivity contribution is 5.35. The summed E-state index contributed by atoms with van der Waals surface area (Å²) in [6, 6.07) is 7.01. The molecule has 1 aromatic carbocycles. The molecule has 1 aromatic rings. The molecule has 0 unspecified atom stereocenters. The summed E-state index contributed by atoms with van der Waals surface area (Å²) in [4.78, 5) is 2.45. The normalized spacial score (nSPS) is 14.2. The highest BCUT2D eigenvalue weighted by atomic mass is 15.1.